The zero-order valence-electron chi connectivity index (χ0n) is 19.8. The number of amides is 1. The third kappa shape index (κ3) is 3.96. The zero-order valence-corrected chi connectivity index (χ0v) is 22.2. The summed E-state index contributed by atoms with van der Waals surface area (Å²) >= 11 is 5.02. The fourth-order valence-corrected chi connectivity index (χ4v) is 8.36. The molecule has 5 atom stereocenters. The monoisotopic (exact) mass is 559 g/mol. The zero-order chi connectivity index (χ0) is 24.9. The normalized spacial score (nSPS) is 31.7. The first-order valence-electron chi connectivity index (χ1n) is 12.1. The van der Waals surface area contributed by atoms with Crippen molar-refractivity contribution < 1.29 is 20.2 Å². The van der Waals surface area contributed by atoms with E-state index in [0.29, 0.717) is 41.1 Å². The van der Waals surface area contributed by atoms with Gasteiger partial charge in [-0.15, -0.1) is 11.3 Å². The van der Waals surface area contributed by atoms with Crippen LogP contribution >= 0.6 is 27.3 Å². The first-order chi connectivity index (χ1) is 16.8. The van der Waals surface area contributed by atoms with Crippen molar-refractivity contribution in [3.05, 3.63) is 50.6 Å². The van der Waals surface area contributed by atoms with Crippen LogP contribution in [-0.2, 0) is 11.2 Å². The third-order valence-corrected chi connectivity index (χ3v) is 10.2. The number of nitrogens with one attached hydrogen (secondary N) is 1. The van der Waals surface area contributed by atoms with Crippen LogP contribution < -0.4 is 5.32 Å². The summed E-state index contributed by atoms with van der Waals surface area (Å²) in [5.74, 6) is 0.857. The number of nitrogens with zero attached hydrogens (tertiary/aromatic N) is 2. The van der Waals surface area contributed by atoms with Crippen molar-refractivity contribution in [1.82, 2.24) is 4.98 Å². The molecule has 0 bridgehead atoms. The molecule has 1 amide bonds. The Kier molecular flexibility index (Phi) is 6.42. The van der Waals surface area contributed by atoms with Crippen molar-refractivity contribution in [2.75, 3.05) is 5.32 Å². The summed E-state index contributed by atoms with van der Waals surface area (Å²) < 4.78 is 0.785. The number of benzene rings is 1. The van der Waals surface area contributed by atoms with E-state index >= 15 is 0 Å². The first kappa shape index (κ1) is 24.3. The summed E-state index contributed by atoms with van der Waals surface area (Å²) in [7, 11) is 0. The average molecular weight is 561 g/mol. The number of carbonyl (C=O) groups excluding carboxylic acids is 1. The maximum absolute atomic E-state index is 12.7. The van der Waals surface area contributed by atoms with Crippen molar-refractivity contribution in [2.45, 2.75) is 58.3 Å². The molecule has 4 N–H and O–H groups in total. The number of allylic oxidation sites excluding steroid dienone is 1. The van der Waals surface area contributed by atoms with Crippen LogP contribution in [0.15, 0.2) is 39.8 Å². The Morgan fingerprint density at radius 1 is 1.40 bits per heavy atom. The van der Waals surface area contributed by atoms with Crippen molar-refractivity contribution in [1.29, 1.82) is 0 Å². The Bertz CT molecular complexity index is 1230. The van der Waals surface area contributed by atoms with E-state index < -0.39 is 0 Å². The van der Waals surface area contributed by atoms with Crippen LogP contribution in [0.5, 0.6) is 5.75 Å². The van der Waals surface area contributed by atoms with E-state index in [9.17, 15) is 20.2 Å². The lowest BCUT2D eigenvalue weighted by atomic mass is 9.54. The standard InChI is InChI=1S/C26H30BrN3O4S/c1-13-11-28-25(35-13)29-21(33)8-6-17-19(12-31)24(30-34)26(2)10-9-15-14-5-7-20(32)23(27)18(14)4-3-16(15)22(17)26/h5,7,11-12,15-17,22,31-32,34H,3-4,6,8-10H2,1-2H3,(H,28,29,33)/b19-12+,30-24+. The van der Waals surface area contributed by atoms with Gasteiger partial charge in [0.25, 0.3) is 0 Å². The summed E-state index contributed by atoms with van der Waals surface area (Å²) in [5, 5.41) is 37.6. The molecule has 0 spiro atoms. The van der Waals surface area contributed by atoms with Crippen molar-refractivity contribution in [3.63, 3.8) is 0 Å². The van der Waals surface area contributed by atoms with E-state index in [1.54, 1.807) is 12.3 Å². The second-order valence-electron chi connectivity index (χ2n) is 10.3. The van der Waals surface area contributed by atoms with Crippen LogP contribution in [0, 0.1) is 30.1 Å². The van der Waals surface area contributed by atoms with Gasteiger partial charge in [-0.25, -0.2) is 4.98 Å². The molecule has 1 aromatic carbocycles. The number of thiazole rings is 1. The smallest absolute Gasteiger partial charge is 0.226 e. The number of aliphatic hydroxyl groups excluding tert-OH is 1. The fourth-order valence-electron chi connectivity index (χ4n) is 7.12. The number of aromatic hydroxyl groups is 1. The van der Waals surface area contributed by atoms with Crippen LogP contribution in [-0.4, -0.2) is 32.0 Å². The quantitative estimate of drug-likeness (QED) is 0.199. The lowest BCUT2D eigenvalue weighted by Crippen LogP contribution is -2.44. The number of hydrogen-bond acceptors (Lipinski definition) is 7. The molecule has 3 aliphatic carbocycles. The fraction of sp³-hybridized carbons (Fsp3) is 0.500. The minimum absolute atomic E-state index is 0.0883. The van der Waals surface area contributed by atoms with E-state index in [0.717, 1.165) is 41.3 Å². The Morgan fingerprint density at radius 2 is 2.20 bits per heavy atom. The van der Waals surface area contributed by atoms with Gasteiger partial charge >= 0.3 is 0 Å². The summed E-state index contributed by atoms with van der Waals surface area (Å²) in [5.41, 5.74) is 3.28. The van der Waals surface area contributed by atoms with Crippen molar-refractivity contribution >= 4 is 44.0 Å². The molecule has 35 heavy (non-hydrogen) atoms. The molecule has 7 nitrogen and oxygen atoms in total. The first-order valence-corrected chi connectivity index (χ1v) is 13.7. The number of aryl methyl sites for hydroxylation is 1. The molecule has 5 rings (SSSR count). The van der Waals surface area contributed by atoms with Gasteiger partial charge in [-0.2, -0.15) is 0 Å². The Hall–Kier alpha value is -2.39. The Labute approximate surface area is 217 Å². The highest BCUT2D eigenvalue weighted by molar-refractivity contribution is 9.10. The molecular formula is C26H30BrN3O4S. The SMILES string of the molecule is Cc1cnc(NC(=O)CCC2C(=C\O)/C(=N\O)C3(C)CCC4c5ccc(O)c(Br)c5CCC4C23)s1. The van der Waals surface area contributed by atoms with E-state index in [1.807, 2.05) is 13.0 Å². The molecule has 1 aromatic heterocycles. The Balaban J connectivity index is 1.45. The minimum atomic E-state index is -0.371. The van der Waals surface area contributed by atoms with E-state index in [1.165, 1.54) is 22.5 Å². The van der Waals surface area contributed by atoms with Gasteiger partial charge in [-0.05, 0) is 95.8 Å². The van der Waals surface area contributed by atoms with Gasteiger partial charge in [0, 0.05) is 28.5 Å². The van der Waals surface area contributed by atoms with Crippen LogP contribution in [0.1, 0.15) is 60.9 Å². The van der Waals surface area contributed by atoms with Gasteiger partial charge in [0.1, 0.15) is 5.75 Å². The molecule has 5 unspecified atom stereocenters. The highest BCUT2D eigenvalue weighted by Gasteiger charge is 2.60. The molecule has 2 aromatic rings. The van der Waals surface area contributed by atoms with Gasteiger partial charge in [0.05, 0.1) is 16.4 Å². The highest BCUT2D eigenvalue weighted by atomic mass is 79.9. The summed E-state index contributed by atoms with van der Waals surface area (Å²) in [6.45, 7) is 4.09. The minimum Gasteiger partial charge on any atom is -0.515 e. The molecule has 0 saturated heterocycles. The van der Waals surface area contributed by atoms with Crippen LogP contribution in [0.3, 0.4) is 0 Å². The number of phenols is 1. The third-order valence-electron chi connectivity index (χ3n) is 8.51. The largest absolute Gasteiger partial charge is 0.515 e. The molecule has 1 heterocycles. The van der Waals surface area contributed by atoms with Gasteiger partial charge in [-0.3, -0.25) is 4.79 Å². The number of phenolic OH excluding ortho intramolecular Hbond substituents is 1. The van der Waals surface area contributed by atoms with Crippen molar-refractivity contribution in [2.24, 2.45) is 28.3 Å². The number of hydrogen-bond donors (Lipinski definition) is 4. The average Bonchev–Trinajstić information content (AvgIpc) is 3.36. The number of aliphatic hydroxyl groups is 1. The number of aromatic nitrogens is 1. The van der Waals surface area contributed by atoms with Gasteiger partial charge < -0.3 is 20.7 Å². The summed E-state index contributed by atoms with van der Waals surface area (Å²) in [6.07, 6.45) is 7.23. The number of oxime groups is 1. The molecule has 0 radical (unpaired) electrons. The maximum Gasteiger partial charge on any atom is 0.226 e. The summed E-state index contributed by atoms with van der Waals surface area (Å²) in [4.78, 5) is 18.0. The lowest BCUT2D eigenvalue weighted by Gasteiger charge is -2.50. The van der Waals surface area contributed by atoms with Crippen LogP contribution in [0.2, 0.25) is 0 Å². The molecule has 186 valence electrons. The van der Waals surface area contributed by atoms with Crippen LogP contribution in [0.25, 0.3) is 0 Å². The van der Waals surface area contributed by atoms with E-state index in [4.69, 9.17) is 0 Å². The van der Waals surface area contributed by atoms with Crippen molar-refractivity contribution in [3.8, 4) is 5.75 Å². The van der Waals surface area contributed by atoms with Gasteiger partial charge in [0.15, 0.2) is 5.13 Å². The molecule has 0 aliphatic heterocycles. The van der Waals surface area contributed by atoms with E-state index in [-0.39, 0.29) is 28.9 Å². The predicted molar refractivity (Wildman–Crippen MR) is 139 cm³/mol. The topological polar surface area (TPSA) is 115 Å². The number of halogens is 1. The lowest BCUT2D eigenvalue weighted by molar-refractivity contribution is -0.116. The predicted octanol–water partition coefficient (Wildman–Crippen LogP) is 6.30. The Morgan fingerprint density at radius 3 is 2.89 bits per heavy atom. The number of fused-ring (bicyclic) bond motifs is 5. The van der Waals surface area contributed by atoms with Crippen LogP contribution in [0.4, 0.5) is 5.13 Å². The molecule has 2 saturated carbocycles. The maximum atomic E-state index is 12.7. The second-order valence-corrected chi connectivity index (χ2v) is 12.3. The highest BCUT2D eigenvalue weighted by Crippen LogP contribution is 2.64. The molecular weight excluding hydrogens is 530 g/mol. The second kappa shape index (κ2) is 9.24. The molecule has 3 aliphatic rings. The van der Waals surface area contributed by atoms with Gasteiger partial charge in [0.2, 0.25) is 5.91 Å². The molecule has 2 fully saturated rings. The number of anilines is 1. The number of rotatable bonds is 4. The summed E-state index contributed by atoms with van der Waals surface area (Å²) in [6, 6.07) is 3.81. The van der Waals surface area contributed by atoms with Gasteiger partial charge in [-0.1, -0.05) is 18.1 Å². The molecule has 9 heteroatoms. The number of carbonyl (C=O) groups is 1. The van der Waals surface area contributed by atoms with E-state index in [2.05, 4.69) is 38.3 Å².